The fourth-order valence-electron chi connectivity index (χ4n) is 5.03. The van der Waals surface area contributed by atoms with Crippen molar-refractivity contribution in [2.24, 2.45) is 0 Å². The van der Waals surface area contributed by atoms with Crippen LogP contribution in [0.4, 0.5) is 0 Å². The van der Waals surface area contributed by atoms with Gasteiger partial charge in [-0.25, -0.2) is 0 Å². The zero-order chi connectivity index (χ0) is 23.1. The Kier molecular flexibility index (Phi) is 8.85. The van der Waals surface area contributed by atoms with E-state index in [1.807, 2.05) is 13.0 Å². The molecule has 3 aliphatic rings. The lowest BCUT2D eigenvalue weighted by atomic mass is 10.0. The Balaban J connectivity index is 1.28. The van der Waals surface area contributed by atoms with Crippen molar-refractivity contribution < 1.29 is 19.3 Å². The molecule has 0 aromatic heterocycles. The van der Waals surface area contributed by atoms with Crippen LogP contribution in [-0.2, 0) is 11.3 Å². The Morgan fingerprint density at radius 3 is 2.48 bits per heavy atom. The van der Waals surface area contributed by atoms with Crippen molar-refractivity contribution in [3.63, 3.8) is 0 Å². The summed E-state index contributed by atoms with van der Waals surface area (Å²) in [6.07, 6.45) is 0.834. The number of benzene rings is 1. The van der Waals surface area contributed by atoms with E-state index in [1.165, 1.54) is 5.56 Å². The first-order valence-corrected chi connectivity index (χ1v) is 12.6. The van der Waals surface area contributed by atoms with Crippen LogP contribution < -0.4 is 9.47 Å². The molecular formula is C25H42N4O4. The van der Waals surface area contributed by atoms with Gasteiger partial charge in [-0.1, -0.05) is 6.07 Å². The number of ether oxygens (including phenoxy) is 3. The molecule has 3 heterocycles. The number of rotatable bonds is 10. The first kappa shape index (κ1) is 24.7. The number of β-amino-alcohol motifs (C(OH)–C–C–N with tert-alkyl or cyclic N) is 1. The number of morpholine rings is 1. The molecule has 3 fully saturated rings. The van der Waals surface area contributed by atoms with Gasteiger partial charge in [0.1, 0.15) is 6.61 Å². The summed E-state index contributed by atoms with van der Waals surface area (Å²) in [5.41, 5.74) is 0.587. The Hall–Kier alpha value is -1.42. The summed E-state index contributed by atoms with van der Waals surface area (Å²) in [6.45, 7) is 15.2. The van der Waals surface area contributed by atoms with Crippen molar-refractivity contribution in [1.82, 2.24) is 19.6 Å². The maximum Gasteiger partial charge on any atom is 0.161 e. The Morgan fingerprint density at radius 2 is 1.73 bits per heavy atom. The highest BCUT2D eigenvalue weighted by atomic mass is 16.5. The topological polar surface area (TPSA) is 60.9 Å². The largest absolute Gasteiger partial charge is 0.490 e. The lowest BCUT2D eigenvalue weighted by molar-refractivity contribution is -0.000374. The normalized spacial score (nSPS) is 26.0. The van der Waals surface area contributed by atoms with Gasteiger partial charge in [0.25, 0.3) is 0 Å². The third-order valence-electron chi connectivity index (χ3n) is 7.01. The van der Waals surface area contributed by atoms with E-state index in [1.54, 1.807) is 0 Å². The lowest BCUT2D eigenvalue weighted by Crippen LogP contribution is -2.51. The summed E-state index contributed by atoms with van der Waals surface area (Å²) in [5, 5.41) is 11.2. The van der Waals surface area contributed by atoms with Gasteiger partial charge in [0.15, 0.2) is 11.5 Å². The summed E-state index contributed by atoms with van der Waals surface area (Å²) >= 11 is 0. The van der Waals surface area contributed by atoms with E-state index in [0.29, 0.717) is 13.2 Å². The summed E-state index contributed by atoms with van der Waals surface area (Å²) in [5.74, 6) is 1.62. The molecule has 0 unspecified atom stereocenters. The third-order valence-corrected chi connectivity index (χ3v) is 7.01. The van der Waals surface area contributed by atoms with Crippen LogP contribution in [0.3, 0.4) is 0 Å². The molecule has 0 aliphatic carbocycles. The molecule has 33 heavy (non-hydrogen) atoms. The average Bonchev–Trinajstić information content (AvgIpc) is 3.17. The van der Waals surface area contributed by atoms with Crippen molar-refractivity contribution in [2.75, 3.05) is 98.9 Å². The van der Waals surface area contributed by atoms with Gasteiger partial charge in [-0.2, -0.15) is 0 Å². The van der Waals surface area contributed by atoms with Crippen LogP contribution in [0.15, 0.2) is 18.2 Å². The summed E-state index contributed by atoms with van der Waals surface area (Å²) in [4.78, 5) is 9.50. The molecular weight excluding hydrogens is 420 g/mol. The van der Waals surface area contributed by atoms with Gasteiger partial charge in [0.05, 0.1) is 25.4 Å². The van der Waals surface area contributed by atoms with Crippen LogP contribution in [-0.4, -0.2) is 129 Å². The molecule has 186 valence electrons. The van der Waals surface area contributed by atoms with Gasteiger partial charge in [-0.05, 0) is 38.1 Å². The van der Waals surface area contributed by atoms with Crippen LogP contribution in [0.25, 0.3) is 0 Å². The number of nitrogens with zero attached hydrogens (tertiary/aromatic N) is 4. The molecule has 0 saturated carbocycles. The minimum atomic E-state index is -0.610. The molecule has 0 radical (unpaired) electrons. The molecule has 4 rings (SSSR count). The van der Waals surface area contributed by atoms with Gasteiger partial charge >= 0.3 is 0 Å². The van der Waals surface area contributed by atoms with Crippen LogP contribution in [0.2, 0.25) is 0 Å². The third kappa shape index (κ3) is 7.28. The number of likely N-dealkylation sites (tertiary alicyclic amines) is 1. The van der Waals surface area contributed by atoms with Gasteiger partial charge < -0.3 is 24.2 Å². The lowest BCUT2D eigenvalue weighted by Gasteiger charge is -2.37. The summed E-state index contributed by atoms with van der Waals surface area (Å²) < 4.78 is 17.4. The second-order valence-electron chi connectivity index (χ2n) is 9.78. The van der Waals surface area contributed by atoms with E-state index in [2.05, 4.69) is 38.8 Å². The van der Waals surface area contributed by atoms with Crippen molar-refractivity contribution >= 4 is 0 Å². The van der Waals surface area contributed by atoms with Gasteiger partial charge in [0, 0.05) is 72.0 Å². The number of hydrogen-bond donors (Lipinski definition) is 1. The number of hydrogen-bond acceptors (Lipinski definition) is 8. The first-order valence-electron chi connectivity index (χ1n) is 12.6. The minimum absolute atomic E-state index is 0.609. The van der Waals surface area contributed by atoms with E-state index < -0.39 is 5.60 Å². The van der Waals surface area contributed by atoms with E-state index in [4.69, 9.17) is 14.2 Å². The molecule has 0 amide bonds. The Bertz CT molecular complexity index is 737. The van der Waals surface area contributed by atoms with Crippen LogP contribution >= 0.6 is 0 Å². The Morgan fingerprint density at radius 1 is 0.939 bits per heavy atom. The van der Waals surface area contributed by atoms with Crippen molar-refractivity contribution in [3.8, 4) is 11.5 Å². The monoisotopic (exact) mass is 462 g/mol. The smallest absolute Gasteiger partial charge is 0.161 e. The maximum atomic E-state index is 11.2. The number of piperazine rings is 1. The zero-order valence-corrected chi connectivity index (χ0v) is 20.5. The molecule has 0 bridgehead atoms. The maximum absolute atomic E-state index is 11.2. The SMILES string of the molecule is CCOc1cc(CN2CC[C@@](O)(CN3CCN(C)CC3)C2)ccc1OCCN1CCOCC1. The molecule has 1 N–H and O–H groups in total. The molecule has 8 heteroatoms. The van der Waals surface area contributed by atoms with Crippen molar-refractivity contribution in [3.05, 3.63) is 23.8 Å². The second-order valence-corrected chi connectivity index (χ2v) is 9.78. The second kappa shape index (κ2) is 11.8. The highest BCUT2D eigenvalue weighted by Crippen LogP contribution is 2.31. The van der Waals surface area contributed by atoms with E-state index in [-0.39, 0.29) is 0 Å². The molecule has 3 aliphatic heterocycles. The standard InChI is InChI=1S/C25H42N4O4/c1-3-32-24-18-22(4-5-23(24)33-17-14-27-12-15-31-16-13-27)19-29-7-6-25(30,21-29)20-28-10-8-26(2)9-11-28/h4-5,18,30H,3,6-17,19-21H2,1-2H3/t25-/m1/s1. The fraction of sp³-hybridized carbons (Fsp3) is 0.760. The van der Waals surface area contributed by atoms with Crippen LogP contribution in [0.1, 0.15) is 18.9 Å². The molecule has 0 spiro atoms. The number of aliphatic hydroxyl groups is 1. The van der Waals surface area contributed by atoms with E-state index in [0.717, 1.165) is 103 Å². The van der Waals surface area contributed by atoms with E-state index in [9.17, 15) is 5.11 Å². The van der Waals surface area contributed by atoms with Crippen molar-refractivity contribution in [2.45, 2.75) is 25.5 Å². The first-order chi connectivity index (χ1) is 16.0. The quantitative estimate of drug-likeness (QED) is 0.552. The minimum Gasteiger partial charge on any atom is -0.490 e. The predicted octanol–water partition coefficient (Wildman–Crippen LogP) is 0.981. The highest BCUT2D eigenvalue weighted by Gasteiger charge is 2.37. The molecule has 3 saturated heterocycles. The summed E-state index contributed by atoms with van der Waals surface area (Å²) in [7, 11) is 2.17. The van der Waals surface area contributed by atoms with Gasteiger partial charge in [-0.15, -0.1) is 0 Å². The summed E-state index contributed by atoms with van der Waals surface area (Å²) in [6, 6.07) is 6.27. The highest BCUT2D eigenvalue weighted by molar-refractivity contribution is 5.43. The van der Waals surface area contributed by atoms with E-state index >= 15 is 0 Å². The average molecular weight is 463 g/mol. The van der Waals surface area contributed by atoms with Crippen LogP contribution in [0.5, 0.6) is 11.5 Å². The zero-order valence-electron chi connectivity index (χ0n) is 20.5. The van der Waals surface area contributed by atoms with Gasteiger partial charge in [-0.3, -0.25) is 14.7 Å². The van der Waals surface area contributed by atoms with Gasteiger partial charge in [0.2, 0.25) is 0 Å². The molecule has 1 aromatic carbocycles. The van der Waals surface area contributed by atoms with Crippen molar-refractivity contribution in [1.29, 1.82) is 0 Å². The molecule has 1 aromatic rings. The predicted molar refractivity (Wildman–Crippen MR) is 129 cm³/mol. The van der Waals surface area contributed by atoms with Crippen LogP contribution in [0, 0.1) is 0 Å². The molecule has 8 nitrogen and oxygen atoms in total. The Labute approximate surface area is 199 Å². The molecule has 1 atom stereocenters. The number of likely N-dealkylation sites (N-methyl/N-ethyl adjacent to an activating group) is 1. The fourth-order valence-corrected chi connectivity index (χ4v) is 5.03.